The molecular weight excluding hydrogens is 354 g/mol. The lowest BCUT2D eigenvalue weighted by Gasteiger charge is -2.12. The number of methoxy groups -OCH3 is 1. The molecule has 3 rings (SSSR count). The van der Waals surface area contributed by atoms with Gasteiger partial charge < -0.3 is 15.4 Å². The fraction of sp³-hybridized carbons (Fsp3) is 0.278. The maximum Gasteiger partial charge on any atom is 0.226 e. The first-order valence-electron chi connectivity index (χ1n) is 8.17. The Hall–Kier alpha value is -2.80. The fourth-order valence-corrected chi connectivity index (χ4v) is 2.77. The largest absolute Gasteiger partial charge is 0.495 e. The van der Waals surface area contributed by atoms with Crippen molar-refractivity contribution >= 4 is 34.5 Å². The summed E-state index contributed by atoms with van der Waals surface area (Å²) in [5.74, 6) is 1.10. The molecule has 3 aromatic rings. The Bertz CT molecular complexity index is 954. The Morgan fingerprint density at radius 3 is 2.88 bits per heavy atom. The number of halogens is 1. The van der Waals surface area contributed by atoms with Crippen molar-refractivity contribution in [1.29, 1.82) is 0 Å². The minimum absolute atomic E-state index is 0.130. The molecule has 1 aromatic carbocycles. The van der Waals surface area contributed by atoms with E-state index < -0.39 is 0 Å². The summed E-state index contributed by atoms with van der Waals surface area (Å²) in [6, 6.07) is 5.43. The molecule has 8 heteroatoms. The number of nitrogens with zero attached hydrogens (tertiary/aromatic N) is 3. The van der Waals surface area contributed by atoms with Crippen molar-refractivity contribution in [2.24, 2.45) is 0 Å². The minimum Gasteiger partial charge on any atom is -0.495 e. The van der Waals surface area contributed by atoms with Crippen LogP contribution in [0.15, 0.2) is 30.6 Å². The predicted molar refractivity (Wildman–Crippen MR) is 102 cm³/mol. The van der Waals surface area contributed by atoms with Gasteiger partial charge in [0, 0.05) is 36.4 Å². The zero-order chi connectivity index (χ0) is 18.7. The molecule has 0 bridgehead atoms. The number of anilines is 2. The summed E-state index contributed by atoms with van der Waals surface area (Å²) >= 11 is 6.09. The lowest BCUT2D eigenvalue weighted by molar-refractivity contribution is -0.116. The number of carbonyl (C=O) groups is 1. The van der Waals surface area contributed by atoms with Crippen LogP contribution in [0.3, 0.4) is 0 Å². The molecule has 0 spiro atoms. The molecular formula is C18H20ClN5O2. The van der Waals surface area contributed by atoms with Crippen LogP contribution in [0, 0.1) is 13.8 Å². The van der Waals surface area contributed by atoms with E-state index in [2.05, 4.69) is 20.7 Å². The fourth-order valence-electron chi connectivity index (χ4n) is 2.62. The molecule has 0 unspecified atom stereocenters. The third-order valence-electron chi connectivity index (χ3n) is 3.91. The number of ether oxygens (including phenoxy) is 1. The molecule has 2 heterocycles. The minimum atomic E-state index is -0.130. The van der Waals surface area contributed by atoms with Gasteiger partial charge in [-0.15, -0.1) is 0 Å². The van der Waals surface area contributed by atoms with Crippen LogP contribution >= 0.6 is 11.6 Å². The van der Waals surface area contributed by atoms with Crippen molar-refractivity contribution in [3.05, 3.63) is 46.9 Å². The zero-order valence-electron chi connectivity index (χ0n) is 14.8. The molecule has 136 valence electrons. The van der Waals surface area contributed by atoms with E-state index in [-0.39, 0.29) is 12.3 Å². The van der Waals surface area contributed by atoms with Gasteiger partial charge in [0.15, 0.2) is 5.82 Å². The van der Waals surface area contributed by atoms with Gasteiger partial charge in [-0.05, 0) is 31.5 Å². The van der Waals surface area contributed by atoms with E-state index in [0.717, 1.165) is 16.8 Å². The number of hydrogen-bond donors (Lipinski definition) is 2. The second-order valence-electron chi connectivity index (χ2n) is 5.92. The first kappa shape index (κ1) is 18.0. The van der Waals surface area contributed by atoms with Crippen molar-refractivity contribution < 1.29 is 9.53 Å². The third kappa shape index (κ3) is 3.88. The molecule has 0 aliphatic rings. The summed E-state index contributed by atoms with van der Waals surface area (Å²) in [7, 11) is 1.54. The Morgan fingerprint density at radius 1 is 1.31 bits per heavy atom. The van der Waals surface area contributed by atoms with Gasteiger partial charge in [0.2, 0.25) is 5.91 Å². The Balaban J connectivity index is 1.62. The number of aromatic nitrogens is 3. The maximum absolute atomic E-state index is 12.3. The summed E-state index contributed by atoms with van der Waals surface area (Å²) < 4.78 is 7.03. The van der Waals surface area contributed by atoms with Crippen molar-refractivity contribution in [2.75, 3.05) is 24.3 Å². The van der Waals surface area contributed by atoms with Gasteiger partial charge in [0.05, 0.1) is 18.5 Å². The van der Waals surface area contributed by atoms with Crippen LogP contribution in [0.25, 0.3) is 5.52 Å². The van der Waals surface area contributed by atoms with E-state index in [0.29, 0.717) is 28.8 Å². The number of rotatable bonds is 6. The van der Waals surface area contributed by atoms with Crippen molar-refractivity contribution in [3.63, 3.8) is 0 Å². The molecule has 2 N–H and O–H groups in total. The monoisotopic (exact) mass is 373 g/mol. The van der Waals surface area contributed by atoms with Crippen LogP contribution in [0.5, 0.6) is 5.75 Å². The number of carbonyl (C=O) groups excluding carboxylic acids is 1. The van der Waals surface area contributed by atoms with E-state index in [1.807, 2.05) is 19.9 Å². The standard InChI is InChI=1S/C18H20ClN5O2/c1-11-8-14(16(26-3)10-13(11)19)22-17(25)4-5-20-18-15-9-12(2)23-24(15)7-6-21-18/h6-10H,4-5H2,1-3H3,(H,20,21)(H,22,25). The highest BCUT2D eigenvalue weighted by molar-refractivity contribution is 6.31. The van der Waals surface area contributed by atoms with Gasteiger partial charge in [0.1, 0.15) is 11.3 Å². The topological polar surface area (TPSA) is 80.5 Å². The van der Waals surface area contributed by atoms with Crippen LogP contribution in [-0.2, 0) is 4.79 Å². The molecule has 0 saturated heterocycles. The first-order chi connectivity index (χ1) is 12.5. The molecule has 0 radical (unpaired) electrons. The SMILES string of the molecule is COc1cc(Cl)c(C)cc1NC(=O)CCNc1nccn2nc(C)cc12. The van der Waals surface area contributed by atoms with Crippen LogP contribution in [-0.4, -0.2) is 34.2 Å². The smallest absolute Gasteiger partial charge is 0.226 e. The van der Waals surface area contributed by atoms with E-state index in [1.165, 1.54) is 7.11 Å². The molecule has 0 saturated carbocycles. The van der Waals surface area contributed by atoms with E-state index in [1.54, 1.807) is 29.0 Å². The molecule has 0 fully saturated rings. The van der Waals surface area contributed by atoms with Gasteiger partial charge in [0.25, 0.3) is 0 Å². The highest BCUT2D eigenvalue weighted by Gasteiger charge is 2.11. The summed E-state index contributed by atoms with van der Waals surface area (Å²) in [6.45, 7) is 4.24. The van der Waals surface area contributed by atoms with Gasteiger partial charge in [-0.1, -0.05) is 11.6 Å². The number of benzene rings is 1. The van der Waals surface area contributed by atoms with E-state index in [9.17, 15) is 4.79 Å². The Morgan fingerprint density at radius 2 is 2.12 bits per heavy atom. The summed E-state index contributed by atoms with van der Waals surface area (Å²) in [4.78, 5) is 16.6. The second kappa shape index (κ2) is 7.61. The van der Waals surface area contributed by atoms with Crippen LogP contribution in [0.4, 0.5) is 11.5 Å². The van der Waals surface area contributed by atoms with Crippen molar-refractivity contribution in [1.82, 2.24) is 14.6 Å². The van der Waals surface area contributed by atoms with E-state index in [4.69, 9.17) is 16.3 Å². The quantitative estimate of drug-likeness (QED) is 0.691. The first-order valence-corrected chi connectivity index (χ1v) is 8.54. The number of nitrogens with one attached hydrogen (secondary N) is 2. The lowest BCUT2D eigenvalue weighted by Crippen LogP contribution is -2.17. The van der Waals surface area contributed by atoms with Gasteiger partial charge in [-0.2, -0.15) is 5.10 Å². The molecule has 0 aliphatic heterocycles. The molecule has 2 aromatic heterocycles. The average molecular weight is 374 g/mol. The highest BCUT2D eigenvalue weighted by Crippen LogP contribution is 2.31. The van der Waals surface area contributed by atoms with Gasteiger partial charge in [-0.3, -0.25) is 4.79 Å². The number of aryl methyl sites for hydroxylation is 2. The number of fused-ring (bicyclic) bond motifs is 1. The molecule has 7 nitrogen and oxygen atoms in total. The molecule has 1 amide bonds. The maximum atomic E-state index is 12.3. The van der Waals surface area contributed by atoms with Crippen LogP contribution in [0.2, 0.25) is 5.02 Å². The van der Waals surface area contributed by atoms with Crippen LogP contribution in [0.1, 0.15) is 17.7 Å². The summed E-state index contributed by atoms with van der Waals surface area (Å²) in [5.41, 5.74) is 3.25. The van der Waals surface area contributed by atoms with Gasteiger partial charge in [-0.25, -0.2) is 9.50 Å². The normalized spacial score (nSPS) is 10.8. The molecule has 0 aliphatic carbocycles. The highest BCUT2D eigenvalue weighted by atomic mass is 35.5. The number of amides is 1. The number of hydrogen-bond acceptors (Lipinski definition) is 5. The molecule has 26 heavy (non-hydrogen) atoms. The molecule has 0 atom stereocenters. The Kier molecular flexibility index (Phi) is 5.27. The zero-order valence-corrected chi connectivity index (χ0v) is 15.6. The summed E-state index contributed by atoms with van der Waals surface area (Å²) in [5, 5.41) is 11.0. The van der Waals surface area contributed by atoms with Gasteiger partial charge >= 0.3 is 0 Å². The van der Waals surface area contributed by atoms with Crippen LogP contribution < -0.4 is 15.4 Å². The summed E-state index contributed by atoms with van der Waals surface area (Å²) in [6.07, 6.45) is 3.74. The Labute approximate surface area is 156 Å². The average Bonchev–Trinajstić information content (AvgIpc) is 2.99. The second-order valence-corrected chi connectivity index (χ2v) is 6.33. The third-order valence-corrected chi connectivity index (χ3v) is 4.32. The van der Waals surface area contributed by atoms with Crippen molar-refractivity contribution in [2.45, 2.75) is 20.3 Å². The predicted octanol–water partition coefficient (Wildman–Crippen LogP) is 3.45. The lowest BCUT2D eigenvalue weighted by atomic mass is 10.2. The van der Waals surface area contributed by atoms with E-state index >= 15 is 0 Å². The van der Waals surface area contributed by atoms with Crippen molar-refractivity contribution in [3.8, 4) is 5.75 Å².